The van der Waals surface area contributed by atoms with Crippen molar-refractivity contribution < 1.29 is 60.5 Å². The average Bonchev–Trinajstić information content (AvgIpc) is 2.78. The fourth-order valence-corrected chi connectivity index (χ4v) is 3.25. The Bertz CT molecular complexity index is 1180. The number of nitrogens with zero attached hydrogens (tertiary/aromatic N) is 3. The van der Waals surface area contributed by atoms with Gasteiger partial charge in [-0.3, -0.25) is 0 Å². The van der Waals surface area contributed by atoms with Gasteiger partial charge in [0.05, 0.1) is 11.3 Å². The number of aromatic nitrogens is 2. The van der Waals surface area contributed by atoms with E-state index < -0.39 is 5.82 Å². The van der Waals surface area contributed by atoms with Crippen molar-refractivity contribution >= 4 is 5.70 Å². The molecule has 2 aromatic carbocycles. The summed E-state index contributed by atoms with van der Waals surface area (Å²) in [7, 11) is 0. The second-order valence-corrected chi connectivity index (χ2v) is 7.08. The molecular weight excluding hydrogens is 430 g/mol. The molecule has 0 saturated heterocycles. The smallest absolute Gasteiger partial charge is 0.660 e. The quantitative estimate of drug-likeness (QED) is 0.584. The molecule has 7 heteroatoms. The van der Waals surface area contributed by atoms with Gasteiger partial charge in [0, 0.05) is 18.4 Å². The summed E-state index contributed by atoms with van der Waals surface area (Å²) >= 11 is 0. The van der Waals surface area contributed by atoms with Crippen LogP contribution in [0.25, 0.3) is 22.4 Å². The number of para-hydroxylation sites is 1. The Hall–Kier alpha value is -2.29. The first-order valence-corrected chi connectivity index (χ1v) is 9.91. The molecule has 2 heterocycles. The van der Waals surface area contributed by atoms with Gasteiger partial charge < -0.3 is 15.4 Å². The Morgan fingerprint density at radius 3 is 2.69 bits per heavy atom. The SMILES string of the molecule is C=C1NCCC([N-]C(=C)c2ccnc(-c3c(F)cccc3Oc3ccccc3)n2)=C1C.[K+]. The van der Waals surface area contributed by atoms with E-state index >= 15 is 0 Å². The maximum atomic E-state index is 14.8. The van der Waals surface area contributed by atoms with Gasteiger partial charge in [0.15, 0.2) is 5.82 Å². The van der Waals surface area contributed by atoms with E-state index in [1.165, 1.54) is 6.07 Å². The number of benzene rings is 2. The predicted molar refractivity (Wildman–Crippen MR) is 121 cm³/mol. The van der Waals surface area contributed by atoms with Gasteiger partial charge in [-0.2, -0.15) is 5.70 Å². The van der Waals surface area contributed by atoms with Crippen LogP contribution in [0.15, 0.2) is 90.9 Å². The second-order valence-electron chi connectivity index (χ2n) is 7.08. The zero-order valence-electron chi connectivity index (χ0n) is 18.2. The minimum atomic E-state index is -0.471. The molecule has 0 saturated carbocycles. The van der Waals surface area contributed by atoms with Gasteiger partial charge in [-0.15, -0.1) is 12.3 Å². The molecule has 0 atom stereocenters. The standard InChI is InChI=1S/C25H22FN4O.K/c1-16-17(2)27-14-12-21(16)29-18(3)22-13-15-28-25(30-22)24-20(26)10-7-11-23(24)31-19-8-5-4-6-9-19;/h4-11,13,15,27H,2-3,12,14H2,1H3;/q-1;+1. The molecule has 156 valence electrons. The summed E-state index contributed by atoms with van der Waals surface area (Å²) in [6, 6.07) is 15.5. The van der Waals surface area contributed by atoms with Crippen molar-refractivity contribution in [2.75, 3.05) is 6.54 Å². The maximum Gasteiger partial charge on any atom is 1.00 e. The Kier molecular flexibility index (Phi) is 8.39. The van der Waals surface area contributed by atoms with Gasteiger partial charge in [0.1, 0.15) is 17.3 Å². The number of hydrogen-bond acceptors (Lipinski definition) is 4. The Morgan fingerprint density at radius 1 is 1.12 bits per heavy atom. The van der Waals surface area contributed by atoms with E-state index in [4.69, 9.17) is 4.74 Å². The molecule has 0 fully saturated rings. The van der Waals surface area contributed by atoms with E-state index in [0.717, 1.165) is 29.9 Å². The van der Waals surface area contributed by atoms with Gasteiger partial charge in [0.25, 0.3) is 0 Å². The van der Waals surface area contributed by atoms with Gasteiger partial charge in [-0.25, -0.2) is 14.4 Å². The van der Waals surface area contributed by atoms with Crippen molar-refractivity contribution in [3.05, 3.63) is 108 Å². The average molecular weight is 453 g/mol. The number of allylic oxidation sites excluding steroid dienone is 1. The monoisotopic (exact) mass is 452 g/mol. The molecule has 4 rings (SSSR count). The fourth-order valence-electron chi connectivity index (χ4n) is 3.25. The summed E-state index contributed by atoms with van der Waals surface area (Å²) in [6.45, 7) is 10.8. The molecule has 0 bridgehead atoms. The third-order valence-corrected chi connectivity index (χ3v) is 4.98. The van der Waals surface area contributed by atoms with Crippen LogP contribution in [-0.2, 0) is 0 Å². The van der Waals surface area contributed by atoms with Crippen LogP contribution in [-0.4, -0.2) is 16.5 Å². The first-order valence-electron chi connectivity index (χ1n) is 9.91. The van der Waals surface area contributed by atoms with Crippen LogP contribution < -0.4 is 61.4 Å². The van der Waals surface area contributed by atoms with Crippen molar-refractivity contribution in [3.8, 4) is 22.9 Å². The molecular formula is C25H22FKN4O. The molecule has 1 N–H and O–H groups in total. The molecule has 0 radical (unpaired) electrons. The molecule has 0 amide bonds. The fraction of sp³-hybridized carbons (Fsp3) is 0.120. The third kappa shape index (κ3) is 5.54. The van der Waals surface area contributed by atoms with Crippen molar-refractivity contribution in [1.82, 2.24) is 15.3 Å². The van der Waals surface area contributed by atoms with Crippen LogP contribution in [0.4, 0.5) is 4.39 Å². The minimum absolute atomic E-state index is 0. The third-order valence-electron chi connectivity index (χ3n) is 4.98. The summed E-state index contributed by atoms with van der Waals surface area (Å²) in [5.41, 5.74) is 3.95. The van der Waals surface area contributed by atoms with E-state index in [2.05, 4.69) is 33.8 Å². The van der Waals surface area contributed by atoms with Gasteiger partial charge in [-0.05, 0) is 49.2 Å². The zero-order chi connectivity index (χ0) is 21.8. The Balaban J connectivity index is 0.00000289. The first kappa shape index (κ1) is 24.4. The van der Waals surface area contributed by atoms with Crippen molar-refractivity contribution in [1.29, 1.82) is 0 Å². The molecule has 3 aromatic rings. The van der Waals surface area contributed by atoms with Gasteiger partial charge in [-0.1, -0.05) is 30.8 Å². The number of hydrogen-bond donors (Lipinski definition) is 1. The van der Waals surface area contributed by atoms with Crippen LogP contribution in [0.5, 0.6) is 11.5 Å². The van der Waals surface area contributed by atoms with E-state index in [0.29, 0.717) is 22.9 Å². The Labute approximate surface area is 229 Å². The molecule has 1 aromatic heterocycles. The summed E-state index contributed by atoms with van der Waals surface area (Å²) in [4.78, 5) is 8.81. The van der Waals surface area contributed by atoms with Gasteiger partial charge >= 0.3 is 51.4 Å². The molecule has 5 nitrogen and oxygen atoms in total. The zero-order valence-corrected chi connectivity index (χ0v) is 21.4. The first-order chi connectivity index (χ1) is 15.0. The summed E-state index contributed by atoms with van der Waals surface area (Å²) in [5, 5.41) is 7.87. The summed E-state index contributed by atoms with van der Waals surface area (Å²) in [6.07, 6.45) is 2.34. The maximum absolute atomic E-state index is 14.8. The van der Waals surface area contributed by atoms with E-state index in [-0.39, 0.29) is 62.8 Å². The molecule has 0 spiro atoms. The van der Waals surface area contributed by atoms with Crippen LogP contribution in [0.2, 0.25) is 0 Å². The van der Waals surface area contributed by atoms with Crippen LogP contribution in [0.3, 0.4) is 0 Å². The van der Waals surface area contributed by atoms with Crippen LogP contribution >= 0.6 is 0 Å². The van der Waals surface area contributed by atoms with E-state index in [9.17, 15) is 4.39 Å². The van der Waals surface area contributed by atoms with E-state index in [1.54, 1.807) is 36.5 Å². The molecule has 0 aliphatic carbocycles. The minimum Gasteiger partial charge on any atom is -0.660 e. The summed E-state index contributed by atoms with van der Waals surface area (Å²) in [5.74, 6) is 0.664. The molecule has 32 heavy (non-hydrogen) atoms. The molecule has 1 aliphatic heterocycles. The van der Waals surface area contributed by atoms with Crippen molar-refractivity contribution in [2.45, 2.75) is 13.3 Å². The second kappa shape index (κ2) is 11.0. The number of nitrogens with one attached hydrogen (secondary N) is 1. The number of ether oxygens (including phenoxy) is 1. The normalized spacial score (nSPS) is 13.1. The van der Waals surface area contributed by atoms with E-state index in [1.807, 2.05) is 25.1 Å². The molecule has 0 unspecified atom stereocenters. The predicted octanol–water partition coefficient (Wildman–Crippen LogP) is 3.20. The number of rotatable bonds is 6. The van der Waals surface area contributed by atoms with Crippen molar-refractivity contribution in [2.24, 2.45) is 0 Å². The largest absolute Gasteiger partial charge is 1.00 e. The van der Waals surface area contributed by atoms with Gasteiger partial charge in [0.2, 0.25) is 0 Å². The number of halogens is 1. The van der Waals surface area contributed by atoms with Crippen LogP contribution in [0.1, 0.15) is 19.0 Å². The van der Waals surface area contributed by atoms with Crippen LogP contribution in [0, 0.1) is 5.82 Å². The Morgan fingerprint density at radius 2 is 1.91 bits per heavy atom. The molecule has 1 aliphatic rings. The summed E-state index contributed by atoms with van der Waals surface area (Å²) < 4.78 is 20.7. The van der Waals surface area contributed by atoms with Crippen molar-refractivity contribution in [3.63, 3.8) is 0 Å². The topological polar surface area (TPSA) is 61.1 Å².